The van der Waals surface area contributed by atoms with E-state index in [9.17, 15) is 22.8 Å². The van der Waals surface area contributed by atoms with Crippen molar-refractivity contribution < 1.29 is 18.0 Å². The molecule has 1 unspecified atom stereocenters. The summed E-state index contributed by atoms with van der Waals surface area (Å²) in [5.74, 6) is -0.564. The van der Waals surface area contributed by atoms with E-state index >= 15 is 0 Å². The fourth-order valence-corrected chi connectivity index (χ4v) is 4.72. The number of fused-ring (bicyclic) bond motifs is 1. The van der Waals surface area contributed by atoms with Gasteiger partial charge in [-0.2, -0.15) is 5.10 Å². The SMILES string of the molecule is O=C(Cc1n[nH]c(=O)c2ccccc12)NCCC(=O)NC1CCS(=O)(=O)C1. The Kier molecular flexibility index (Phi) is 5.54. The summed E-state index contributed by atoms with van der Waals surface area (Å²) in [5.41, 5.74) is 0.128. The topological polar surface area (TPSA) is 138 Å². The average molecular weight is 392 g/mol. The van der Waals surface area contributed by atoms with E-state index in [1.165, 1.54) is 0 Å². The number of carbonyl (C=O) groups is 2. The molecule has 9 nitrogen and oxygen atoms in total. The Morgan fingerprint density at radius 2 is 1.93 bits per heavy atom. The van der Waals surface area contributed by atoms with Gasteiger partial charge < -0.3 is 10.6 Å². The van der Waals surface area contributed by atoms with Crippen LogP contribution in [0.4, 0.5) is 0 Å². The summed E-state index contributed by atoms with van der Waals surface area (Å²) in [6, 6.07) is 6.53. The van der Waals surface area contributed by atoms with Crippen molar-refractivity contribution in [2.75, 3.05) is 18.1 Å². The van der Waals surface area contributed by atoms with Crippen LogP contribution in [0.3, 0.4) is 0 Å². The Labute approximate surface area is 155 Å². The van der Waals surface area contributed by atoms with Gasteiger partial charge in [-0.15, -0.1) is 0 Å². The summed E-state index contributed by atoms with van der Waals surface area (Å²) < 4.78 is 22.8. The number of H-pyrrole nitrogens is 1. The van der Waals surface area contributed by atoms with Gasteiger partial charge in [-0.25, -0.2) is 13.5 Å². The number of rotatable bonds is 6. The first-order chi connectivity index (χ1) is 12.8. The van der Waals surface area contributed by atoms with Gasteiger partial charge in [0.1, 0.15) is 0 Å². The molecule has 0 radical (unpaired) electrons. The van der Waals surface area contributed by atoms with Crippen molar-refractivity contribution in [1.82, 2.24) is 20.8 Å². The Morgan fingerprint density at radius 1 is 1.19 bits per heavy atom. The molecule has 144 valence electrons. The van der Waals surface area contributed by atoms with Crippen molar-refractivity contribution in [2.24, 2.45) is 0 Å². The van der Waals surface area contributed by atoms with Crippen molar-refractivity contribution in [2.45, 2.75) is 25.3 Å². The highest BCUT2D eigenvalue weighted by atomic mass is 32.2. The van der Waals surface area contributed by atoms with E-state index in [1.54, 1.807) is 24.3 Å². The first-order valence-electron chi connectivity index (χ1n) is 8.57. The number of amides is 2. The lowest BCUT2D eigenvalue weighted by Crippen LogP contribution is -2.38. The lowest BCUT2D eigenvalue weighted by molar-refractivity contribution is -0.122. The summed E-state index contributed by atoms with van der Waals surface area (Å²) in [6.45, 7) is 0.130. The second-order valence-electron chi connectivity index (χ2n) is 6.49. The molecule has 3 rings (SSSR count). The molecule has 1 aliphatic rings. The molecule has 0 bridgehead atoms. The van der Waals surface area contributed by atoms with Crippen LogP contribution >= 0.6 is 0 Å². The smallest absolute Gasteiger partial charge is 0.272 e. The van der Waals surface area contributed by atoms with Crippen LogP contribution in [-0.4, -0.2) is 54.5 Å². The van der Waals surface area contributed by atoms with Gasteiger partial charge in [0.2, 0.25) is 11.8 Å². The van der Waals surface area contributed by atoms with Crippen LogP contribution in [0.25, 0.3) is 10.8 Å². The molecule has 27 heavy (non-hydrogen) atoms. The molecule has 2 aromatic rings. The highest BCUT2D eigenvalue weighted by Gasteiger charge is 2.28. The third-order valence-electron chi connectivity index (χ3n) is 4.37. The van der Waals surface area contributed by atoms with Crippen molar-refractivity contribution in [1.29, 1.82) is 0 Å². The predicted molar refractivity (Wildman–Crippen MR) is 98.9 cm³/mol. The maximum Gasteiger partial charge on any atom is 0.272 e. The van der Waals surface area contributed by atoms with E-state index in [0.717, 1.165) is 0 Å². The molecule has 2 heterocycles. The number of sulfone groups is 1. The third kappa shape index (κ3) is 4.91. The van der Waals surface area contributed by atoms with Gasteiger partial charge in [0.25, 0.3) is 5.56 Å². The Hall–Kier alpha value is -2.75. The third-order valence-corrected chi connectivity index (χ3v) is 6.14. The number of aromatic amines is 1. The highest BCUT2D eigenvalue weighted by Crippen LogP contribution is 2.13. The number of aromatic nitrogens is 2. The van der Waals surface area contributed by atoms with Crippen LogP contribution in [0.2, 0.25) is 0 Å². The number of carbonyl (C=O) groups excluding carboxylic acids is 2. The molecule has 1 fully saturated rings. The first kappa shape index (κ1) is 19.0. The van der Waals surface area contributed by atoms with E-state index in [2.05, 4.69) is 20.8 Å². The molecule has 1 atom stereocenters. The Balaban J connectivity index is 1.49. The predicted octanol–water partition coefficient (Wildman–Crippen LogP) is -0.725. The van der Waals surface area contributed by atoms with Gasteiger partial charge >= 0.3 is 0 Å². The lowest BCUT2D eigenvalue weighted by atomic mass is 10.1. The molecule has 1 aromatic heterocycles. The molecule has 1 aromatic carbocycles. The van der Waals surface area contributed by atoms with Gasteiger partial charge in [-0.3, -0.25) is 14.4 Å². The van der Waals surface area contributed by atoms with Gasteiger partial charge in [-0.1, -0.05) is 18.2 Å². The summed E-state index contributed by atoms with van der Waals surface area (Å²) in [7, 11) is -3.05. The van der Waals surface area contributed by atoms with Gasteiger partial charge in [-0.05, 0) is 12.5 Å². The van der Waals surface area contributed by atoms with Crippen molar-refractivity contribution in [3.05, 3.63) is 40.3 Å². The number of hydrogen-bond donors (Lipinski definition) is 3. The maximum atomic E-state index is 12.1. The lowest BCUT2D eigenvalue weighted by Gasteiger charge is -2.11. The average Bonchev–Trinajstić information content (AvgIpc) is 2.96. The van der Waals surface area contributed by atoms with E-state index in [0.29, 0.717) is 22.9 Å². The molecular weight excluding hydrogens is 372 g/mol. The van der Waals surface area contributed by atoms with E-state index in [-0.39, 0.29) is 54.3 Å². The number of nitrogens with one attached hydrogen (secondary N) is 3. The van der Waals surface area contributed by atoms with Crippen LogP contribution in [-0.2, 0) is 25.8 Å². The number of benzene rings is 1. The minimum absolute atomic E-state index is 0.0280. The molecule has 0 saturated carbocycles. The highest BCUT2D eigenvalue weighted by molar-refractivity contribution is 7.91. The van der Waals surface area contributed by atoms with Crippen molar-refractivity contribution in [3.63, 3.8) is 0 Å². The second-order valence-corrected chi connectivity index (χ2v) is 8.72. The molecule has 1 saturated heterocycles. The summed E-state index contributed by atoms with van der Waals surface area (Å²) >= 11 is 0. The summed E-state index contributed by atoms with van der Waals surface area (Å²) in [6.07, 6.45) is 0.452. The maximum absolute atomic E-state index is 12.1. The van der Waals surface area contributed by atoms with Crippen LogP contribution in [0.1, 0.15) is 18.5 Å². The molecule has 1 aliphatic heterocycles. The zero-order valence-electron chi connectivity index (χ0n) is 14.5. The zero-order chi connectivity index (χ0) is 19.4. The molecule has 0 spiro atoms. The zero-order valence-corrected chi connectivity index (χ0v) is 15.3. The van der Waals surface area contributed by atoms with Crippen molar-refractivity contribution in [3.8, 4) is 0 Å². The largest absolute Gasteiger partial charge is 0.355 e. The summed E-state index contributed by atoms with van der Waals surface area (Å²) in [4.78, 5) is 35.7. The minimum atomic E-state index is -3.05. The van der Waals surface area contributed by atoms with Gasteiger partial charge in [0, 0.05) is 24.4 Å². The first-order valence-corrected chi connectivity index (χ1v) is 10.4. The number of hydrogen-bond acceptors (Lipinski definition) is 6. The standard InChI is InChI=1S/C17H20N4O5S/c22-15(19-11-6-8-27(25,26)10-11)5-7-18-16(23)9-14-12-3-1-2-4-13(12)17(24)21-20-14/h1-4,11H,5-10H2,(H,18,23)(H,19,22)(H,21,24). The molecule has 2 amide bonds. The Bertz CT molecular complexity index is 1030. The van der Waals surface area contributed by atoms with Crippen LogP contribution < -0.4 is 16.2 Å². The van der Waals surface area contributed by atoms with Crippen LogP contribution in [0, 0.1) is 0 Å². The molecule has 0 aliphatic carbocycles. The fourth-order valence-electron chi connectivity index (χ4n) is 3.04. The normalized spacial score (nSPS) is 18.3. The van der Waals surface area contributed by atoms with E-state index < -0.39 is 9.84 Å². The number of nitrogens with zero attached hydrogens (tertiary/aromatic N) is 1. The molecule has 3 N–H and O–H groups in total. The minimum Gasteiger partial charge on any atom is -0.355 e. The molecule has 10 heteroatoms. The summed E-state index contributed by atoms with van der Waals surface area (Å²) in [5, 5.41) is 12.7. The Morgan fingerprint density at radius 3 is 2.63 bits per heavy atom. The van der Waals surface area contributed by atoms with Gasteiger partial charge in [0.15, 0.2) is 9.84 Å². The van der Waals surface area contributed by atoms with E-state index in [4.69, 9.17) is 0 Å². The van der Waals surface area contributed by atoms with Crippen molar-refractivity contribution >= 4 is 32.4 Å². The van der Waals surface area contributed by atoms with E-state index in [1.807, 2.05) is 0 Å². The quantitative estimate of drug-likeness (QED) is 0.593. The van der Waals surface area contributed by atoms with Crippen LogP contribution in [0.15, 0.2) is 29.1 Å². The monoisotopic (exact) mass is 392 g/mol. The molecular formula is C17H20N4O5S. The second kappa shape index (κ2) is 7.87. The van der Waals surface area contributed by atoms with Gasteiger partial charge in [0.05, 0.1) is 29.0 Å². The fraction of sp³-hybridized carbons (Fsp3) is 0.412. The van der Waals surface area contributed by atoms with Crippen LogP contribution in [0.5, 0.6) is 0 Å².